The fourth-order valence-corrected chi connectivity index (χ4v) is 4.54. The Bertz CT molecular complexity index is 810. The summed E-state index contributed by atoms with van der Waals surface area (Å²) in [6.45, 7) is 9.28. The number of nitro groups is 1. The predicted molar refractivity (Wildman–Crippen MR) is 114 cm³/mol. The molecule has 1 aromatic carbocycles. The summed E-state index contributed by atoms with van der Waals surface area (Å²) >= 11 is 0. The van der Waals surface area contributed by atoms with E-state index < -0.39 is 11.0 Å². The monoisotopic (exact) mass is 416 g/mol. The number of rotatable bonds is 6. The molecule has 1 aromatic rings. The highest BCUT2D eigenvalue weighted by molar-refractivity contribution is 5.98. The van der Waals surface area contributed by atoms with Crippen molar-refractivity contribution in [1.29, 1.82) is 0 Å². The van der Waals surface area contributed by atoms with Crippen LogP contribution in [0, 0.1) is 23.0 Å². The molecule has 8 heteroatoms. The smallest absolute Gasteiger partial charge is 0.272 e. The van der Waals surface area contributed by atoms with Crippen LogP contribution in [0.5, 0.6) is 0 Å². The standard InChI is InChI=1S/C22H32N4O4/c1-15(2)24-10-4-6-17(14-24)13-23-21(27)20-7-5-11-25(20)22(28)18-8-9-19(26(29)30)16(3)12-18/h8-9,12,15,17,20H,4-7,10-11,13-14H2,1-3H3,(H,23,27). The Hall–Kier alpha value is -2.48. The van der Waals surface area contributed by atoms with Gasteiger partial charge in [0.2, 0.25) is 5.91 Å². The van der Waals surface area contributed by atoms with Crippen molar-refractivity contribution >= 4 is 17.5 Å². The topological polar surface area (TPSA) is 95.8 Å². The van der Waals surface area contributed by atoms with Crippen LogP contribution in [0.3, 0.4) is 0 Å². The molecule has 3 rings (SSSR count). The molecule has 2 heterocycles. The lowest BCUT2D eigenvalue weighted by Crippen LogP contribution is -2.49. The van der Waals surface area contributed by atoms with Crippen LogP contribution in [0.1, 0.15) is 55.5 Å². The summed E-state index contributed by atoms with van der Waals surface area (Å²) in [5.41, 5.74) is 0.820. The minimum atomic E-state index is -0.474. The predicted octanol–water partition coefficient (Wildman–Crippen LogP) is 2.74. The summed E-state index contributed by atoms with van der Waals surface area (Å²) in [5.74, 6) is 0.100. The second-order valence-electron chi connectivity index (χ2n) is 8.76. The van der Waals surface area contributed by atoms with Gasteiger partial charge in [0, 0.05) is 42.9 Å². The van der Waals surface area contributed by atoms with Gasteiger partial charge in [-0.2, -0.15) is 0 Å². The minimum absolute atomic E-state index is 0.00908. The van der Waals surface area contributed by atoms with Gasteiger partial charge >= 0.3 is 0 Å². The number of carbonyl (C=O) groups excluding carboxylic acids is 2. The summed E-state index contributed by atoms with van der Waals surface area (Å²) in [4.78, 5) is 40.5. The summed E-state index contributed by atoms with van der Waals surface area (Å²) in [6, 6.07) is 4.41. The van der Waals surface area contributed by atoms with Crippen LogP contribution >= 0.6 is 0 Å². The third kappa shape index (κ3) is 4.98. The average Bonchev–Trinajstić information content (AvgIpc) is 3.21. The summed E-state index contributed by atoms with van der Waals surface area (Å²) in [6.07, 6.45) is 3.68. The molecule has 2 unspecified atom stereocenters. The molecule has 164 valence electrons. The molecule has 2 aliphatic rings. The number of piperidine rings is 1. The van der Waals surface area contributed by atoms with Gasteiger partial charge in [-0.15, -0.1) is 0 Å². The Balaban J connectivity index is 1.61. The number of nitrogens with one attached hydrogen (secondary N) is 1. The van der Waals surface area contributed by atoms with E-state index in [0.717, 1.165) is 32.4 Å². The van der Waals surface area contributed by atoms with Gasteiger partial charge in [0.1, 0.15) is 6.04 Å². The van der Waals surface area contributed by atoms with Crippen LogP contribution in [-0.2, 0) is 4.79 Å². The molecule has 0 spiro atoms. The zero-order valence-electron chi connectivity index (χ0n) is 18.1. The first-order valence-corrected chi connectivity index (χ1v) is 10.9. The number of likely N-dealkylation sites (tertiary alicyclic amines) is 2. The van der Waals surface area contributed by atoms with Gasteiger partial charge in [-0.3, -0.25) is 19.7 Å². The summed E-state index contributed by atoms with van der Waals surface area (Å²) in [5, 5.41) is 14.1. The van der Waals surface area contributed by atoms with Crippen LogP contribution in [0.2, 0.25) is 0 Å². The van der Waals surface area contributed by atoms with E-state index in [1.807, 2.05) is 0 Å². The van der Waals surface area contributed by atoms with Crippen molar-refractivity contribution in [2.45, 2.75) is 58.5 Å². The van der Waals surface area contributed by atoms with Gasteiger partial charge in [0.05, 0.1) is 4.92 Å². The second-order valence-corrected chi connectivity index (χ2v) is 8.76. The second kappa shape index (κ2) is 9.55. The maximum Gasteiger partial charge on any atom is 0.272 e. The van der Waals surface area contributed by atoms with E-state index >= 15 is 0 Å². The van der Waals surface area contributed by atoms with Gasteiger partial charge in [-0.1, -0.05) is 0 Å². The summed E-state index contributed by atoms with van der Waals surface area (Å²) in [7, 11) is 0. The number of hydrogen-bond acceptors (Lipinski definition) is 5. The molecule has 2 saturated heterocycles. The Morgan fingerprint density at radius 2 is 1.97 bits per heavy atom. The van der Waals surface area contributed by atoms with E-state index in [4.69, 9.17) is 0 Å². The average molecular weight is 417 g/mol. The highest BCUT2D eigenvalue weighted by Crippen LogP contribution is 2.24. The number of amides is 2. The molecule has 2 amide bonds. The van der Waals surface area contributed by atoms with Crippen molar-refractivity contribution in [2.75, 3.05) is 26.2 Å². The Morgan fingerprint density at radius 1 is 1.23 bits per heavy atom. The summed E-state index contributed by atoms with van der Waals surface area (Å²) < 4.78 is 0. The molecular formula is C22H32N4O4. The number of aryl methyl sites for hydroxylation is 1. The molecular weight excluding hydrogens is 384 g/mol. The van der Waals surface area contributed by atoms with E-state index in [-0.39, 0.29) is 17.5 Å². The van der Waals surface area contributed by atoms with Crippen LogP contribution < -0.4 is 5.32 Å². The highest BCUT2D eigenvalue weighted by atomic mass is 16.6. The van der Waals surface area contributed by atoms with Crippen molar-refractivity contribution in [2.24, 2.45) is 5.92 Å². The van der Waals surface area contributed by atoms with E-state index in [1.54, 1.807) is 11.8 Å². The first-order valence-electron chi connectivity index (χ1n) is 10.9. The molecule has 8 nitrogen and oxygen atoms in total. The van der Waals surface area contributed by atoms with Gasteiger partial charge < -0.3 is 15.1 Å². The first-order chi connectivity index (χ1) is 14.3. The van der Waals surface area contributed by atoms with E-state index in [9.17, 15) is 19.7 Å². The third-order valence-electron chi connectivity index (χ3n) is 6.30. The van der Waals surface area contributed by atoms with Crippen molar-refractivity contribution in [3.05, 3.63) is 39.4 Å². The highest BCUT2D eigenvalue weighted by Gasteiger charge is 2.35. The van der Waals surface area contributed by atoms with Crippen LogP contribution in [0.25, 0.3) is 0 Å². The molecule has 0 saturated carbocycles. The van der Waals surface area contributed by atoms with Crippen LogP contribution in [0.4, 0.5) is 5.69 Å². The van der Waals surface area contributed by atoms with E-state index in [1.165, 1.54) is 18.2 Å². The number of carbonyl (C=O) groups is 2. The largest absolute Gasteiger partial charge is 0.354 e. The van der Waals surface area contributed by atoms with Gasteiger partial charge in [0.15, 0.2) is 0 Å². The maximum absolute atomic E-state index is 13.0. The molecule has 1 N–H and O–H groups in total. The molecule has 0 aromatic heterocycles. The van der Waals surface area contributed by atoms with Crippen molar-refractivity contribution < 1.29 is 14.5 Å². The fraction of sp³-hybridized carbons (Fsp3) is 0.636. The lowest BCUT2D eigenvalue weighted by atomic mass is 9.97. The molecule has 0 bridgehead atoms. The first kappa shape index (κ1) is 22.2. The third-order valence-corrected chi connectivity index (χ3v) is 6.30. The molecule has 2 aliphatic heterocycles. The number of hydrogen-bond donors (Lipinski definition) is 1. The minimum Gasteiger partial charge on any atom is -0.354 e. The zero-order valence-corrected chi connectivity index (χ0v) is 18.1. The molecule has 2 atom stereocenters. The van der Waals surface area contributed by atoms with Gasteiger partial charge in [-0.25, -0.2) is 0 Å². The SMILES string of the molecule is Cc1cc(C(=O)N2CCCC2C(=O)NCC2CCCN(C(C)C)C2)ccc1[N+](=O)[O-]. The van der Waals surface area contributed by atoms with E-state index in [2.05, 4.69) is 24.1 Å². The van der Waals surface area contributed by atoms with Crippen LogP contribution in [0.15, 0.2) is 18.2 Å². The Labute approximate surface area is 177 Å². The lowest BCUT2D eigenvalue weighted by molar-refractivity contribution is -0.385. The van der Waals surface area contributed by atoms with Gasteiger partial charge in [0.25, 0.3) is 11.6 Å². The van der Waals surface area contributed by atoms with E-state index in [0.29, 0.717) is 42.6 Å². The molecule has 2 fully saturated rings. The fourth-order valence-electron chi connectivity index (χ4n) is 4.54. The number of nitrogens with zero attached hydrogens (tertiary/aromatic N) is 3. The lowest BCUT2D eigenvalue weighted by Gasteiger charge is -2.35. The zero-order chi connectivity index (χ0) is 21.8. The molecule has 0 aliphatic carbocycles. The quantitative estimate of drug-likeness (QED) is 0.568. The van der Waals surface area contributed by atoms with Crippen molar-refractivity contribution in [1.82, 2.24) is 15.1 Å². The van der Waals surface area contributed by atoms with Crippen LogP contribution in [-0.4, -0.2) is 64.8 Å². The van der Waals surface area contributed by atoms with Crippen molar-refractivity contribution in [3.63, 3.8) is 0 Å². The van der Waals surface area contributed by atoms with Gasteiger partial charge in [-0.05, 0) is 71.0 Å². The Kier molecular flexibility index (Phi) is 7.07. The van der Waals surface area contributed by atoms with Crippen molar-refractivity contribution in [3.8, 4) is 0 Å². The maximum atomic E-state index is 13.0. The number of benzene rings is 1. The molecule has 30 heavy (non-hydrogen) atoms. The molecule has 0 radical (unpaired) electrons. The Morgan fingerprint density at radius 3 is 2.63 bits per heavy atom. The normalized spacial score (nSPS) is 22.3. The number of nitro benzene ring substituents is 1.